The summed E-state index contributed by atoms with van der Waals surface area (Å²) < 4.78 is 6.01. The van der Waals surface area contributed by atoms with Gasteiger partial charge in [0.2, 0.25) is 5.95 Å². The van der Waals surface area contributed by atoms with Gasteiger partial charge >= 0.3 is 0 Å². The van der Waals surface area contributed by atoms with E-state index in [0.717, 1.165) is 32.8 Å². The summed E-state index contributed by atoms with van der Waals surface area (Å²) in [5, 5.41) is 3.33. The van der Waals surface area contributed by atoms with Crippen LogP contribution in [0.4, 0.5) is 5.95 Å². The Balaban J connectivity index is 1.32. The maximum absolute atomic E-state index is 6.01. The van der Waals surface area contributed by atoms with E-state index >= 15 is 0 Å². The molecule has 3 atom stereocenters. The molecule has 2 aliphatic heterocycles. The molecule has 2 aromatic rings. The van der Waals surface area contributed by atoms with Gasteiger partial charge in [0.05, 0.1) is 12.7 Å². The first-order chi connectivity index (χ1) is 11.4. The topological polar surface area (TPSA) is 63.2 Å². The summed E-state index contributed by atoms with van der Waals surface area (Å²) in [5.74, 6) is 1.81. The van der Waals surface area contributed by atoms with Gasteiger partial charge < -0.3 is 10.1 Å². The molecule has 2 fully saturated rings. The van der Waals surface area contributed by atoms with Crippen LogP contribution in [0.5, 0.6) is 0 Å². The second-order valence-electron chi connectivity index (χ2n) is 6.30. The minimum Gasteiger partial charge on any atom is -0.376 e. The second kappa shape index (κ2) is 6.60. The van der Waals surface area contributed by atoms with Gasteiger partial charge in [-0.3, -0.25) is 9.88 Å². The summed E-state index contributed by atoms with van der Waals surface area (Å²) in [6.45, 7) is 4.79. The van der Waals surface area contributed by atoms with Crippen LogP contribution in [0.1, 0.15) is 5.56 Å². The first-order valence-electron chi connectivity index (χ1n) is 8.12. The molecule has 0 aromatic carbocycles. The number of pyridine rings is 1. The fourth-order valence-electron chi connectivity index (χ4n) is 3.58. The summed E-state index contributed by atoms with van der Waals surface area (Å²) in [6.07, 6.45) is 7.59. The van der Waals surface area contributed by atoms with E-state index in [1.807, 2.05) is 18.5 Å². The lowest BCUT2D eigenvalue weighted by Gasteiger charge is -2.19. The molecule has 0 aliphatic carbocycles. The van der Waals surface area contributed by atoms with Crippen molar-refractivity contribution in [3.05, 3.63) is 48.5 Å². The normalized spacial score (nSPS) is 27.0. The van der Waals surface area contributed by atoms with E-state index < -0.39 is 0 Å². The summed E-state index contributed by atoms with van der Waals surface area (Å²) in [4.78, 5) is 15.0. The molecule has 0 radical (unpaired) electrons. The highest BCUT2D eigenvalue weighted by Gasteiger charge is 2.43. The van der Waals surface area contributed by atoms with E-state index in [0.29, 0.717) is 23.9 Å². The van der Waals surface area contributed by atoms with Gasteiger partial charge in [-0.1, -0.05) is 0 Å². The van der Waals surface area contributed by atoms with Crippen molar-refractivity contribution in [3.8, 4) is 0 Å². The average molecular weight is 311 g/mol. The van der Waals surface area contributed by atoms with Gasteiger partial charge in [0.1, 0.15) is 0 Å². The number of likely N-dealkylation sites (tertiary alicyclic amines) is 1. The van der Waals surface area contributed by atoms with Gasteiger partial charge in [-0.2, -0.15) is 0 Å². The molecule has 6 nitrogen and oxygen atoms in total. The zero-order valence-electron chi connectivity index (χ0n) is 13.0. The quantitative estimate of drug-likeness (QED) is 0.901. The van der Waals surface area contributed by atoms with Crippen molar-refractivity contribution in [2.75, 3.05) is 31.6 Å². The number of nitrogens with one attached hydrogen (secondary N) is 1. The van der Waals surface area contributed by atoms with Crippen molar-refractivity contribution < 1.29 is 4.74 Å². The summed E-state index contributed by atoms with van der Waals surface area (Å²) in [7, 11) is 0. The number of ether oxygens (including phenoxy) is 1. The maximum Gasteiger partial charge on any atom is 0.222 e. The Labute approximate surface area is 135 Å². The Morgan fingerprint density at radius 3 is 2.78 bits per heavy atom. The standard InChI is InChI=1S/C17H21N5O/c1-4-19-17(20-5-1)21-8-14-12-23-16-11-22(10-15(14)16)9-13-2-6-18-7-3-13/h1-7,14-16H,8-12H2,(H,19,20,21)/t14-,15+,16+/m1/s1. The minimum atomic E-state index is 0.361. The predicted octanol–water partition coefficient (Wildman–Crippen LogP) is 1.43. The Kier molecular flexibility index (Phi) is 4.17. The Morgan fingerprint density at radius 2 is 1.96 bits per heavy atom. The SMILES string of the molecule is c1cnc(NC[C@@H]2CO[C@H]3CN(Cc4ccncc4)C[C@@H]23)nc1. The van der Waals surface area contributed by atoms with Gasteiger partial charge in [-0.25, -0.2) is 9.97 Å². The molecule has 23 heavy (non-hydrogen) atoms. The summed E-state index contributed by atoms with van der Waals surface area (Å²) in [6, 6.07) is 6.00. The Bertz CT molecular complexity index is 623. The zero-order valence-corrected chi connectivity index (χ0v) is 13.0. The van der Waals surface area contributed by atoms with Crippen LogP contribution in [0.2, 0.25) is 0 Å². The van der Waals surface area contributed by atoms with Gasteiger partial charge in [0.15, 0.2) is 0 Å². The van der Waals surface area contributed by atoms with E-state index in [1.165, 1.54) is 5.56 Å². The van der Waals surface area contributed by atoms with Crippen molar-refractivity contribution in [2.24, 2.45) is 11.8 Å². The van der Waals surface area contributed by atoms with Crippen molar-refractivity contribution in [3.63, 3.8) is 0 Å². The van der Waals surface area contributed by atoms with E-state index in [1.54, 1.807) is 12.4 Å². The van der Waals surface area contributed by atoms with Crippen LogP contribution in [0.3, 0.4) is 0 Å². The zero-order chi connectivity index (χ0) is 15.5. The first-order valence-corrected chi connectivity index (χ1v) is 8.12. The third-order valence-electron chi connectivity index (χ3n) is 4.76. The summed E-state index contributed by atoms with van der Waals surface area (Å²) in [5.41, 5.74) is 1.31. The number of anilines is 1. The molecule has 1 N–H and O–H groups in total. The van der Waals surface area contributed by atoms with E-state index in [4.69, 9.17) is 4.74 Å². The van der Waals surface area contributed by atoms with Gasteiger partial charge in [0.25, 0.3) is 0 Å². The smallest absolute Gasteiger partial charge is 0.222 e. The van der Waals surface area contributed by atoms with E-state index in [-0.39, 0.29) is 0 Å². The second-order valence-corrected chi connectivity index (χ2v) is 6.30. The number of rotatable bonds is 5. The molecule has 2 aromatic heterocycles. The number of hydrogen-bond acceptors (Lipinski definition) is 6. The van der Waals surface area contributed by atoms with Crippen LogP contribution in [0.25, 0.3) is 0 Å². The van der Waals surface area contributed by atoms with Crippen molar-refractivity contribution >= 4 is 5.95 Å². The molecule has 120 valence electrons. The fourth-order valence-corrected chi connectivity index (χ4v) is 3.58. The molecule has 2 saturated heterocycles. The van der Waals surface area contributed by atoms with Gasteiger partial charge in [0, 0.05) is 62.8 Å². The largest absolute Gasteiger partial charge is 0.376 e. The van der Waals surface area contributed by atoms with Crippen LogP contribution in [0.15, 0.2) is 43.0 Å². The first kappa shape index (κ1) is 14.5. The van der Waals surface area contributed by atoms with Crippen LogP contribution < -0.4 is 5.32 Å². The molecule has 0 saturated carbocycles. The molecule has 0 spiro atoms. The van der Waals surface area contributed by atoms with Crippen molar-refractivity contribution in [1.29, 1.82) is 0 Å². The third-order valence-corrected chi connectivity index (χ3v) is 4.76. The lowest BCUT2D eigenvalue weighted by Crippen LogP contribution is -2.27. The third kappa shape index (κ3) is 3.33. The number of hydrogen-bond donors (Lipinski definition) is 1. The number of nitrogens with zero attached hydrogens (tertiary/aromatic N) is 4. The Morgan fingerprint density at radius 1 is 1.13 bits per heavy atom. The molecular weight excluding hydrogens is 290 g/mol. The monoisotopic (exact) mass is 311 g/mol. The number of fused-ring (bicyclic) bond motifs is 1. The molecule has 4 heterocycles. The van der Waals surface area contributed by atoms with Gasteiger partial charge in [-0.15, -0.1) is 0 Å². The van der Waals surface area contributed by atoms with E-state index in [2.05, 4.69) is 37.3 Å². The molecule has 0 bridgehead atoms. The summed E-state index contributed by atoms with van der Waals surface area (Å²) >= 11 is 0. The van der Waals surface area contributed by atoms with Gasteiger partial charge in [-0.05, 0) is 23.8 Å². The number of aromatic nitrogens is 3. The highest BCUT2D eigenvalue weighted by atomic mass is 16.5. The Hall–Kier alpha value is -2.05. The van der Waals surface area contributed by atoms with Crippen LogP contribution in [-0.2, 0) is 11.3 Å². The average Bonchev–Trinajstić information content (AvgIpc) is 3.15. The van der Waals surface area contributed by atoms with Crippen LogP contribution in [0, 0.1) is 11.8 Å². The molecule has 0 unspecified atom stereocenters. The highest BCUT2D eigenvalue weighted by Crippen LogP contribution is 2.34. The van der Waals surface area contributed by atoms with E-state index in [9.17, 15) is 0 Å². The lowest BCUT2D eigenvalue weighted by molar-refractivity contribution is 0.0946. The predicted molar refractivity (Wildman–Crippen MR) is 86.8 cm³/mol. The lowest BCUT2D eigenvalue weighted by atomic mass is 9.93. The minimum absolute atomic E-state index is 0.361. The molecular formula is C17H21N5O. The van der Waals surface area contributed by atoms with Crippen LogP contribution in [-0.4, -0.2) is 52.2 Å². The van der Waals surface area contributed by atoms with Crippen molar-refractivity contribution in [2.45, 2.75) is 12.6 Å². The molecule has 6 heteroatoms. The maximum atomic E-state index is 6.01. The molecule has 2 aliphatic rings. The fraction of sp³-hybridized carbons (Fsp3) is 0.471. The van der Waals surface area contributed by atoms with Crippen LogP contribution >= 0.6 is 0 Å². The molecule has 0 amide bonds. The molecule has 4 rings (SSSR count). The van der Waals surface area contributed by atoms with Crippen molar-refractivity contribution in [1.82, 2.24) is 19.9 Å². The highest BCUT2D eigenvalue weighted by molar-refractivity contribution is 5.22.